The summed E-state index contributed by atoms with van der Waals surface area (Å²) >= 11 is 0. The van der Waals surface area contributed by atoms with E-state index < -0.39 is 0 Å². The van der Waals surface area contributed by atoms with Crippen molar-refractivity contribution in [3.05, 3.63) is 30.1 Å². The SMILES string of the molecule is CCC1CCC(C2CC(C(N)=O)CCN2C(=O)c2cc(-c3ccnc(OC)c3)[nH]n2)CC1. The number of aromatic amines is 1. The van der Waals surface area contributed by atoms with Crippen molar-refractivity contribution < 1.29 is 14.3 Å². The normalized spacial score (nSPS) is 26.0. The minimum Gasteiger partial charge on any atom is -0.481 e. The number of primary amides is 1. The number of aromatic nitrogens is 3. The second-order valence-corrected chi connectivity index (χ2v) is 9.13. The summed E-state index contributed by atoms with van der Waals surface area (Å²) < 4.78 is 5.19. The van der Waals surface area contributed by atoms with Gasteiger partial charge < -0.3 is 15.4 Å². The average Bonchev–Trinajstić information content (AvgIpc) is 3.34. The van der Waals surface area contributed by atoms with Crippen molar-refractivity contribution in [1.29, 1.82) is 0 Å². The fraction of sp³-hybridized carbons (Fsp3) is 0.583. The van der Waals surface area contributed by atoms with Gasteiger partial charge in [0, 0.05) is 36.3 Å². The van der Waals surface area contributed by atoms with Crippen LogP contribution in [0, 0.1) is 17.8 Å². The van der Waals surface area contributed by atoms with Crippen LogP contribution < -0.4 is 10.5 Å². The average molecular weight is 440 g/mol. The number of likely N-dealkylation sites (tertiary alicyclic amines) is 1. The molecule has 2 atom stereocenters. The zero-order chi connectivity index (χ0) is 22.7. The van der Waals surface area contributed by atoms with Gasteiger partial charge >= 0.3 is 0 Å². The highest BCUT2D eigenvalue weighted by Gasteiger charge is 2.40. The predicted octanol–water partition coefficient (Wildman–Crippen LogP) is 3.40. The number of piperidine rings is 1. The summed E-state index contributed by atoms with van der Waals surface area (Å²) in [6.07, 6.45) is 8.71. The summed E-state index contributed by atoms with van der Waals surface area (Å²) in [4.78, 5) is 31.5. The van der Waals surface area contributed by atoms with E-state index in [0.717, 1.165) is 30.0 Å². The van der Waals surface area contributed by atoms with Crippen LogP contribution in [0.1, 0.15) is 62.4 Å². The smallest absolute Gasteiger partial charge is 0.274 e. The Labute approximate surface area is 188 Å². The van der Waals surface area contributed by atoms with Gasteiger partial charge in [-0.05, 0) is 49.7 Å². The number of nitrogens with zero attached hydrogens (tertiary/aromatic N) is 3. The van der Waals surface area contributed by atoms with Crippen LogP contribution in [0.5, 0.6) is 5.88 Å². The lowest BCUT2D eigenvalue weighted by Crippen LogP contribution is -2.52. The standard InChI is InChI=1S/C24H33N5O3/c1-3-15-4-6-16(7-5-15)21-12-18(23(25)30)9-11-29(21)24(31)20-14-19(27-28-20)17-8-10-26-22(13-17)32-2/h8,10,13-16,18,21H,3-7,9,11-12H2,1-2H3,(H2,25,30)(H,27,28). The molecule has 8 heteroatoms. The topological polar surface area (TPSA) is 114 Å². The maximum Gasteiger partial charge on any atom is 0.274 e. The van der Waals surface area contributed by atoms with Crippen LogP contribution in [0.3, 0.4) is 0 Å². The first kappa shape index (κ1) is 22.3. The minimum atomic E-state index is -0.252. The Balaban J connectivity index is 1.54. The summed E-state index contributed by atoms with van der Waals surface area (Å²) in [5, 5.41) is 7.29. The van der Waals surface area contributed by atoms with Gasteiger partial charge in [0.1, 0.15) is 0 Å². The molecule has 2 unspecified atom stereocenters. The summed E-state index contributed by atoms with van der Waals surface area (Å²) in [5.74, 6) is 1.19. The molecule has 3 heterocycles. The Morgan fingerprint density at radius 3 is 2.69 bits per heavy atom. The molecule has 0 bridgehead atoms. The number of nitrogens with one attached hydrogen (secondary N) is 1. The molecule has 1 aliphatic carbocycles. The number of rotatable bonds is 6. The zero-order valence-electron chi connectivity index (χ0n) is 18.9. The van der Waals surface area contributed by atoms with E-state index in [-0.39, 0.29) is 23.8 Å². The van der Waals surface area contributed by atoms with Crippen LogP contribution in [-0.2, 0) is 4.79 Å². The molecule has 1 saturated carbocycles. The van der Waals surface area contributed by atoms with Crippen molar-refractivity contribution in [3.8, 4) is 17.1 Å². The highest BCUT2D eigenvalue weighted by molar-refractivity contribution is 5.94. The summed E-state index contributed by atoms with van der Waals surface area (Å²) in [5.41, 5.74) is 7.63. The van der Waals surface area contributed by atoms with Crippen LogP contribution >= 0.6 is 0 Å². The molecule has 172 valence electrons. The van der Waals surface area contributed by atoms with E-state index in [0.29, 0.717) is 36.9 Å². The molecule has 3 N–H and O–H groups in total. The first-order valence-electron chi connectivity index (χ1n) is 11.7. The van der Waals surface area contributed by atoms with E-state index in [1.807, 2.05) is 11.0 Å². The Morgan fingerprint density at radius 1 is 1.22 bits per heavy atom. The number of hydrogen-bond acceptors (Lipinski definition) is 5. The number of H-pyrrole nitrogens is 1. The fourth-order valence-corrected chi connectivity index (χ4v) is 5.35. The van der Waals surface area contributed by atoms with E-state index in [2.05, 4.69) is 22.1 Å². The van der Waals surface area contributed by atoms with Crippen molar-refractivity contribution in [2.75, 3.05) is 13.7 Å². The molecule has 2 amide bonds. The number of methoxy groups -OCH3 is 1. The number of ether oxygens (including phenoxy) is 1. The van der Waals surface area contributed by atoms with Crippen LogP contribution in [0.2, 0.25) is 0 Å². The Hall–Kier alpha value is -2.90. The Bertz CT molecular complexity index is 951. The molecule has 1 saturated heterocycles. The summed E-state index contributed by atoms with van der Waals surface area (Å²) in [6.45, 7) is 2.79. The fourth-order valence-electron chi connectivity index (χ4n) is 5.35. The van der Waals surface area contributed by atoms with Crippen molar-refractivity contribution in [2.45, 2.75) is 57.9 Å². The predicted molar refractivity (Wildman–Crippen MR) is 121 cm³/mol. The van der Waals surface area contributed by atoms with E-state index in [1.165, 1.54) is 19.3 Å². The quantitative estimate of drug-likeness (QED) is 0.716. The third kappa shape index (κ3) is 4.64. The van der Waals surface area contributed by atoms with Crippen molar-refractivity contribution in [1.82, 2.24) is 20.1 Å². The van der Waals surface area contributed by atoms with Gasteiger partial charge in [0.2, 0.25) is 11.8 Å². The minimum absolute atomic E-state index is 0.0349. The zero-order valence-corrected chi connectivity index (χ0v) is 18.9. The van der Waals surface area contributed by atoms with Gasteiger partial charge in [-0.25, -0.2) is 4.98 Å². The number of carbonyl (C=O) groups is 2. The second-order valence-electron chi connectivity index (χ2n) is 9.13. The van der Waals surface area contributed by atoms with Crippen LogP contribution in [-0.4, -0.2) is 51.6 Å². The molecule has 1 aliphatic heterocycles. The van der Waals surface area contributed by atoms with Gasteiger partial charge in [-0.1, -0.05) is 26.2 Å². The second kappa shape index (κ2) is 9.71. The van der Waals surface area contributed by atoms with Crippen LogP contribution in [0.15, 0.2) is 24.4 Å². The van der Waals surface area contributed by atoms with E-state index in [1.54, 1.807) is 25.4 Å². The van der Waals surface area contributed by atoms with Crippen LogP contribution in [0.25, 0.3) is 11.3 Å². The molecule has 2 aromatic heterocycles. The van der Waals surface area contributed by atoms with E-state index in [4.69, 9.17) is 10.5 Å². The van der Waals surface area contributed by atoms with Crippen molar-refractivity contribution in [3.63, 3.8) is 0 Å². The van der Waals surface area contributed by atoms with E-state index in [9.17, 15) is 9.59 Å². The van der Waals surface area contributed by atoms with Gasteiger partial charge in [0.15, 0.2) is 5.69 Å². The molecule has 8 nitrogen and oxygen atoms in total. The van der Waals surface area contributed by atoms with Gasteiger partial charge in [-0.2, -0.15) is 5.10 Å². The number of amides is 2. The Morgan fingerprint density at radius 2 is 2.00 bits per heavy atom. The maximum absolute atomic E-state index is 13.5. The van der Waals surface area contributed by atoms with Crippen LogP contribution in [0.4, 0.5) is 0 Å². The molecule has 4 rings (SSSR count). The molecule has 0 radical (unpaired) electrons. The number of carbonyl (C=O) groups excluding carboxylic acids is 2. The molecule has 2 aliphatic rings. The monoisotopic (exact) mass is 439 g/mol. The lowest BCUT2D eigenvalue weighted by atomic mass is 9.73. The highest BCUT2D eigenvalue weighted by Crippen LogP contribution is 2.39. The molecular formula is C24H33N5O3. The molecular weight excluding hydrogens is 406 g/mol. The van der Waals surface area contributed by atoms with E-state index >= 15 is 0 Å². The molecule has 0 spiro atoms. The molecule has 2 aromatic rings. The first-order chi connectivity index (χ1) is 15.5. The van der Waals surface area contributed by atoms with Gasteiger partial charge in [0.25, 0.3) is 5.91 Å². The number of pyridine rings is 1. The lowest BCUT2D eigenvalue weighted by molar-refractivity contribution is -0.124. The van der Waals surface area contributed by atoms with Gasteiger partial charge in [-0.3, -0.25) is 14.7 Å². The van der Waals surface area contributed by atoms with Crippen molar-refractivity contribution >= 4 is 11.8 Å². The number of hydrogen-bond donors (Lipinski definition) is 2. The molecule has 2 fully saturated rings. The largest absolute Gasteiger partial charge is 0.481 e. The Kier molecular flexibility index (Phi) is 6.77. The highest BCUT2D eigenvalue weighted by atomic mass is 16.5. The molecule has 32 heavy (non-hydrogen) atoms. The third-order valence-corrected chi connectivity index (χ3v) is 7.37. The van der Waals surface area contributed by atoms with Crippen molar-refractivity contribution in [2.24, 2.45) is 23.5 Å². The summed E-state index contributed by atoms with van der Waals surface area (Å²) in [6, 6.07) is 5.46. The molecule has 0 aromatic carbocycles. The first-order valence-corrected chi connectivity index (χ1v) is 11.7. The van der Waals surface area contributed by atoms with Gasteiger partial charge in [-0.15, -0.1) is 0 Å². The number of nitrogens with two attached hydrogens (primary N) is 1. The third-order valence-electron chi connectivity index (χ3n) is 7.37. The maximum atomic E-state index is 13.5. The summed E-state index contributed by atoms with van der Waals surface area (Å²) in [7, 11) is 1.57. The lowest BCUT2D eigenvalue weighted by Gasteiger charge is -2.44. The van der Waals surface area contributed by atoms with Gasteiger partial charge in [0.05, 0.1) is 12.8 Å².